The van der Waals surface area contributed by atoms with Gasteiger partial charge in [-0.1, -0.05) is 37.3 Å². The van der Waals surface area contributed by atoms with Crippen LogP contribution < -0.4 is 4.90 Å². The molecule has 1 heterocycles. The summed E-state index contributed by atoms with van der Waals surface area (Å²) in [6.45, 7) is 4.23. The van der Waals surface area contributed by atoms with E-state index >= 15 is 0 Å². The van der Waals surface area contributed by atoms with Crippen LogP contribution in [0.3, 0.4) is 0 Å². The van der Waals surface area contributed by atoms with Crippen molar-refractivity contribution in [1.29, 1.82) is 0 Å². The summed E-state index contributed by atoms with van der Waals surface area (Å²) < 4.78 is 0. The number of para-hydroxylation sites is 1. The van der Waals surface area contributed by atoms with E-state index in [4.69, 9.17) is 0 Å². The molecule has 3 rings (SSSR count). The standard InChI is InChI=1S/C18H19NOS/c1-3-21-17-11-7-5-9-15(17)18(20)19-13(2)12-14-8-4-6-10-16(14)19/h4-11,13H,3,12H2,1-2H3. The van der Waals surface area contributed by atoms with Crippen LogP contribution in [0.1, 0.15) is 29.8 Å². The van der Waals surface area contributed by atoms with Crippen molar-refractivity contribution in [2.45, 2.75) is 31.2 Å². The zero-order valence-corrected chi connectivity index (χ0v) is 13.2. The second-order valence-corrected chi connectivity index (χ2v) is 6.59. The second kappa shape index (κ2) is 5.94. The summed E-state index contributed by atoms with van der Waals surface area (Å²) in [6, 6.07) is 16.3. The Morgan fingerprint density at radius 3 is 2.71 bits per heavy atom. The van der Waals surface area contributed by atoms with Crippen molar-refractivity contribution in [3.63, 3.8) is 0 Å². The Morgan fingerprint density at radius 1 is 1.19 bits per heavy atom. The Labute approximate surface area is 130 Å². The predicted octanol–water partition coefficient (Wildman–Crippen LogP) is 4.39. The number of thioether (sulfide) groups is 1. The molecule has 0 spiro atoms. The highest BCUT2D eigenvalue weighted by Crippen LogP contribution is 2.34. The van der Waals surface area contributed by atoms with Crippen molar-refractivity contribution in [1.82, 2.24) is 0 Å². The smallest absolute Gasteiger partial charge is 0.259 e. The Hall–Kier alpha value is -1.74. The zero-order chi connectivity index (χ0) is 14.8. The number of carbonyl (C=O) groups is 1. The van der Waals surface area contributed by atoms with Gasteiger partial charge in [0.1, 0.15) is 0 Å². The first-order chi connectivity index (χ1) is 10.2. The Kier molecular flexibility index (Phi) is 4.02. The minimum absolute atomic E-state index is 0.115. The molecule has 2 nitrogen and oxygen atoms in total. The summed E-state index contributed by atoms with van der Waals surface area (Å²) in [5.74, 6) is 1.08. The number of hydrogen-bond acceptors (Lipinski definition) is 2. The van der Waals surface area contributed by atoms with E-state index in [0.717, 1.165) is 28.3 Å². The van der Waals surface area contributed by atoms with E-state index in [0.29, 0.717) is 0 Å². The van der Waals surface area contributed by atoms with Crippen LogP contribution in [0.4, 0.5) is 5.69 Å². The topological polar surface area (TPSA) is 20.3 Å². The molecule has 0 saturated heterocycles. The van der Waals surface area contributed by atoms with Gasteiger partial charge in [-0.25, -0.2) is 0 Å². The van der Waals surface area contributed by atoms with E-state index in [9.17, 15) is 4.79 Å². The molecule has 1 amide bonds. The molecule has 2 aromatic carbocycles. The first-order valence-corrected chi connectivity index (χ1v) is 8.34. The van der Waals surface area contributed by atoms with Crippen molar-refractivity contribution < 1.29 is 4.79 Å². The summed E-state index contributed by atoms with van der Waals surface area (Å²) in [5, 5.41) is 0. The van der Waals surface area contributed by atoms with Crippen LogP contribution >= 0.6 is 11.8 Å². The fourth-order valence-electron chi connectivity index (χ4n) is 2.93. The molecule has 0 N–H and O–H groups in total. The van der Waals surface area contributed by atoms with Gasteiger partial charge in [-0.3, -0.25) is 4.79 Å². The van der Waals surface area contributed by atoms with Crippen LogP contribution in [0.25, 0.3) is 0 Å². The number of anilines is 1. The van der Waals surface area contributed by atoms with Crippen LogP contribution in [0.15, 0.2) is 53.4 Å². The molecule has 1 unspecified atom stereocenters. The quantitative estimate of drug-likeness (QED) is 0.783. The number of fused-ring (bicyclic) bond motifs is 1. The number of carbonyl (C=O) groups excluding carboxylic acids is 1. The first-order valence-electron chi connectivity index (χ1n) is 7.35. The van der Waals surface area contributed by atoms with E-state index < -0.39 is 0 Å². The minimum Gasteiger partial charge on any atom is -0.305 e. The van der Waals surface area contributed by atoms with Gasteiger partial charge >= 0.3 is 0 Å². The molecular formula is C18H19NOS. The molecule has 1 aliphatic heterocycles. The van der Waals surface area contributed by atoms with E-state index in [1.54, 1.807) is 11.8 Å². The summed E-state index contributed by atoms with van der Waals surface area (Å²) in [4.78, 5) is 16.0. The van der Waals surface area contributed by atoms with Crippen LogP contribution in [-0.4, -0.2) is 17.7 Å². The molecule has 0 bridgehead atoms. The first kappa shape index (κ1) is 14.2. The highest BCUT2D eigenvalue weighted by Gasteiger charge is 2.31. The third kappa shape index (κ3) is 2.58. The predicted molar refractivity (Wildman–Crippen MR) is 89.3 cm³/mol. The summed E-state index contributed by atoms with van der Waals surface area (Å²) in [6.07, 6.45) is 0.936. The van der Waals surface area contributed by atoms with Crippen molar-refractivity contribution in [2.24, 2.45) is 0 Å². The normalized spacial score (nSPS) is 16.9. The van der Waals surface area contributed by atoms with Crippen LogP contribution in [0.5, 0.6) is 0 Å². The zero-order valence-electron chi connectivity index (χ0n) is 12.4. The third-order valence-corrected chi connectivity index (χ3v) is 4.80. The van der Waals surface area contributed by atoms with Gasteiger partial charge in [0.2, 0.25) is 0 Å². The molecule has 0 radical (unpaired) electrons. The van der Waals surface area contributed by atoms with Crippen molar-refractivity contribution in [3.05, 3.63) is 59.7 Å². The maximum Gasteiger partial charge on any atom is 0.259 e. The molecule has 21 heavy (non-hydrogen) atoms. The molecule has 0 aromatic heterocycles. The maximum atomic E-state index is 13.0. The monoisotopic (exact) mass is 297 g/mol. The molecule has 3 heteroatoms. The number of amides is 1. The summed E-state index contributed by atoms with van der Waals surface area (Å²) in [5.41, 5.74) is 3.14. The summed E-state index contributed by atoms with van der Waals surface area (Å²) in [7, 11) is 0. The SMILES string of the molecule is CCSc1ccccc1C(=O)N1c2ccccc2CC1C. The Morgan fingerprint density at radius 2 is 1.90 bits per heavy atom. The Balaban J connectivity index is 2.00. The highest BCUT2D eigenvalue weighted by atomic mass is 32.2. The number of nitrogens with zero attached hydrogens (tertiary/aromatic N) is 1. The number of rotatable bonds is 3. The molecular weight excluding hydrogens is 278 g/mol. The number of hydrogen-bond donors (Lipinski definition) is 0. The van der Waals surface area contributed by atoms with Gasteiger partial charge in [-0.05, 0) is 42.9 Å². The van der Waals surface area contributed by atoms with E-state index in [1.165, 1.54) is 5.56 Å². The van der Waals surface area contributed by atoms with E-state index in [-0.39, 0.29) is 11.9 Å². The van der Waals surface area contributed by atoms with Gasteiger partial charge in [-0.15, -0.1) is 11.8 Å². The molecule has 2 aromatic rings. The van der Waals surface area contributed by atoms with Gasteiger partial charge in [0, 0.05) is 16.6 Å². The molecule has 1 atom stereocenters. The van der Waals surface area contributed by atoms with Gasteiger partial charge in [0.05, 0.1) is 5.56 Å². The van der Waals surface area contributed by atoms with E-state index in [1.807, 2.05) is 47.4 Å². The van der Waals surface area contributed by atoms with Gasteiger partial charge < -0.3 is 4.90 Å². The fraction of sp³-hybridized carbons (Fsp3) is 0.278. The fourth-order valence-corrected chi connectivity index (χ4v) is 3.73. The average molecular weight is 297 g/mol. The lowest BCUT2D eigenvalue weighted by atomic mass is 10.1. The second-order valence-electron chi connectivity index (χ2n) is 5.29. The highest BCUT2D eigenvalue weighted by molar-refractivity contribution is 7.99. The molecule has 108 valence electrons. The lowest BCUT2D eigenvalue weighted by Gasteiger charge is -2.23. The lowest BCUT2D eigenvalue weighted by Crippen LogP contribution is -2.36. The van der Waals surface area contributed by atoms with Crippen molar-refractivity contribution in [2.75, 3.05) is 10.7 Å². The largest absolute Gasteiger partial charge is 0.305 e. The lowest BCUT2D eigenvalue weighted by molar-refractivity contribution is 0.0978. The molecule has 0 saturated carbocycles. The van der Waals surface area contributed by atoms with Crippen LogP contribution in [-0.2, 0) is 6.42 Å². The third-order valence-electron chi connectivity index (χ3n) is 3.84. The van der Waals surface area contributed by atoms with Crippen LogP contribution in [0.2, 0.25) is 0 Å². The van der Waals surface area contributed by atoms with E-state index in [2.05, 4.69) is 19.9 Å². The van der Waals surface area contributed by atoms with Gasteiger partial charge in [0.15, 0.2) is 0 Å². The Bertz CT molecular complexity index is 668. The molecule has 0 aliphatic carbocycles. The molecule has 1 aliphatic rings. The average Bonchev–Trinajstić information content (AvgIpc) is 2.83. The maximum absolute atomic E-state index is 13.0. The van der Waals surface area contributed by atoms with Crippen LogP contribution in [0, 0.1) is 0 Å². The minimum atomic E-state index is 0.115. The van der Waals surface area contributed by atoms with Crippen molar-refractivity contribution >= 4 is 23.4 Å². The van der Waals surface area contributed by atoms with Gasteiger partial charge in [-0.2, -0.15) is 0 Å². The van der Waals surface area contributed by atoms with Gasteiger partial charge in [0.25, 0.3) is 5.91 Å². The molecule has 0 fully saturated rings. The number of benzene rings is 2. The summed E-state index contributed by atoms with van der Waals surface area (Å²) >= 11 is 1.72. The van der Waals surface area contributed by atoms with Crippen molar-refractivity contribution in [3.8, 4) is 0 Å².